The van der Waals surface area contributed by atoms with Crippen molar-refractivity contribution in [1.29, 1.82) is 5.26 Å². The number of H-pyrrole nitrogens is 1. The molecule has 0 aliphatic carbocycles. The van der Waals surface area contributed by atoms with E-state index in [-0.39, 0.29) is 12.0 Å². The number of aromatic nitrogens is 2. The van der Waals surface area contributed by atoms with E-state index in [9.17, 15) is 4.79 Å². The van der Waals surface area contributed by atoms with Crippen LogP contribution in [0.3, 0.4) is 0 Å². The number of hydrogen-bond acceptors (Lipinski definition) is 6. The van der Waals surface area contributed by atoms with Crippen LogP contribution < -0.4 is 5.32 Å². The van der Waals surface area contributed by atoms with Gasteiger partial charge in [0.15, 0.2) is 0 Å². The highest BCUT2D eigenvalue weighted by Gasteiger charge is 2.27. The predicted octanol–water partition coefficient (Wildman–Crippen LogP) is 2.92. The molecule has 3 rings (SSSR count). The summed E-state index contributed by atoms with van der Waals surface area (Å²) in [6.45, 7) is 5.94. The Balaban J connectivity index is 1.85. The number of piperidine rings is 1. The zero-order chi connectivity index (χ0) is 18.5. The molecule has 0 radical (unpaired) electrons. The molecule has 7 heteroatoms. The number of anilines is 1. The molecule has 0 spiro atoms. The highest BCUT2D eigenvalue weighted by atomic mass is 16.5. The Morgan fingerprint density at radius 2 is 2.38 bits per heavy atom. The molecule has 0 bridgehead atoms. The Morgan fingerprint density at radius 3 is 3.15 bits per heavy atom. The van der Waals surface area contributed by atoms with Crippen LogP contribution in [0, 0.1) is 11.3 Å². The van der Waals surface area contributed by atoms with Crippen LogP contribution >= 0.6 is 0 Å². The molecule has 2 atom stereocenters. The number of likely N-dealkylation sites (tertiary alicyclic amines) is 1. The van der Waals surface area contributed by atoms with E-state index in [0.29, 0.717) is 24.6 Å². The highest BCUT2D eigenvalue weighted by Crippen LogP contribution is 2.29. The van der Waals surface area contributed by atoms with Gasteiger partial charge in [0.2, 0.25) is 0 Å². The second-order valence-electron chi connectivity index (χ2n) is 6.68. The Morgan fingerprint density at radius 1 is 1.54 bits per heavy atom. The van der Waals surface area contributed by atoms with Gasteiger partial charge in [0.1, 0.15) is 11.2 Å². The van der Waals surface area contributed by atoms with Gasteiger partial charge in [-0.3, -0.25) is 4.90 Å². The summed E-state index contributed by atoms with van der Waals surface area (Å²) >= 11 is 0. The molecule has 26 heavy (non-hydrogen) atoms. The predicted molar refractivity (Wildman–Crippen MR) is 100.0 cm³/mol. The zero-order valence-electron chi connectivity index (χ0n) is 15.3. The normalized spacial score (nSPS) is 20.7. The minimum Gasteiger partial charge on any atom is -0.462 e. The number of ether oxygens (including phenoxy) is 1. The first kappa shape index (κ1) is 18.2. The van der Waals surface area contributed by atoms with Gasteiger partial charge in [0.05, 0.1) is 18.4 Å². The summed E-state index contributed by atoms with van der Waals surface area (Å²) in [6.07, 6.45) is 5.99. The first-order chi connectivity index (χ1) is 12.6. The van der Waals surface area contributed by atoms with Gasteiger partial charge >= 0.3 is 5.97 Å². The number of nitrogens with one attached hydrogen (secondary N) is 2. The molecule has 138 valence electrons. The van der Waals surface area contributed by atoms with Gasteiger partial charge in [0.25, 0.3) is 0 Å². The first-order valence-corrected chi connectivity index (χ1v) is 9.14. The molecule has 2 aromatic heterocycles. The molecule has 7 nitrogen and oxygen atoms in total. The number of fused-ring (bicyclic) bond motifs is 1. The zero-order valence-corrected chi connectivity index (χ0v) is 15.3. The fourth-order valence-corrected chi connectivity index (χ4v) is 3.53. The third-order valence-electron chi connectivity index (χ3n) is 4.95. The molecule has 0 aromatic carbocycles. The average molecular weight is 355 g/mol. The quantitative estimate of drug-likeness (QED) is 0.774. The van der Waals surface area contributed by atoms with Gasteiger partial charge in [-0.2, -0.15) is 5.26 Å². The molecule has 1 aliphatic heterocycles. The van der Waals surface area contributed by atoms with Gasteiger partial charge in [0, 0.05) is 49.4 Å². The molecule has 0 unspecified atom stereocenters. The lowest BCUT2D eigenvalue weighted by Crippen LogP contribution is -2.47. The van der Waals surface area contributed by atoms with Gasteiger partial charge in [-0.15, -0.1) is 0 Å². The van der Waals surface area contributed by atoms with Crippen LogP contribution in [0.25, 0.3) is 11.0 Å². The van der Waals surface area contributed by atoms with E-state index in [1.165, 1.54) is 0 Å². The Hall–Kier alpha value is -2.59. The number of nitrogens with zero attached hydrogens (tertiary/aromatic N) is 3. The van der Waals surface area contributed by atoms with E-state index in [4.69, 9.17) is 10.00 Å². The maximum atomic E-state index is 12.4. The summed E-state index contributed by atoms with van der Waals surface area (Å²) in [4.78, 5) is 22.1. The minimum atomic E-state index is -0.365. The van der Waals surface area contributed by atoms with Crippen molar-refractivity contribution in [3.8, 4) is 6.07 Å². The highest BCUT2D eigenvalue weighted by molar-refractivity contribution is 6.04. The van der Waals surface area contributed by atoms with Crippen LogP contribution in [0.4, 0.5) is 5.69 Å². The maximum absolute atomic E-state index is 12.4. The number of carbonyl (C=O) groups is 1. The second kappa shape index (κ2) is 8.19. The van der Waals surface area contributed by atoms with Crippen molar-refractivity contribution in [3.05, 3.63) is 24.0 Å². The van der Waals surface area contributed by atoms with Crippen LogP contribution in [0.5, 0.6) is 0 Å². The van der Waals surface area contributed by atoms with E-state index >= 15 is 0 Å². The molecule has 0 saturated carbocycles. The second-order valence-corrected chi connectivity index (χ2v) is 6.68. The van der Waals surface area contributed by atoms with Crippen LogP contribution in [0.15, 0.2) is 18.5 Å². The maximum Gasteiger partial charge on any atom is 0.341 e. The van der Waals surface area contributed by atoms with Crippen molar-refractivity contribution in [2.45, 2.75) is 45.2 Å². The van der Waals surface area contributed by atoms with Crippen LogP contribution in [-0.4, -0.2) is 52.6 Å². The number of esters is 1. The molecule has 0 amide bonds. The van der Waals surface area contributed by atoms with Crippen molar-refractivity contribution in [2.24, 2.45) is 0 Å². The van der Waals surface area contributed by atoms with E-state index in [2.05, 4.69) is 33.2 Å². The summed E-state index contributed by atoms with van der Waals surface area (Å²) in [5.41, 5.74) is 1.97. The third kappa shape index (κ3) is 3.81. The third-order valence-corrected chi connectivity index (χ3v) is 4.95. The topological polar surface area (TPSA) is 94.0 Å². The van der Waals surface area contributed by atoms with Crippen molar-refractivity contribution in [1.82, 2.24) is 14.9 Å². The summed E-state index contributed by atoms with van der Waals surface area (Å²) in [5, 5.41) is 13.3. The van der Waals surface area contributed by atoms with E-state index in [1.54, 1.807) is 13.1 Å². The number of pyridine rings is 1. The average Bonchev–Trinajstić information content (AvgIpc) is 3.11. The van der Waals surface area contributed by atoms with Crippen molar-refractivity contribution < 1.29 is 9.53 Å². The largest absolute Gasteiger partial charge is 0.462 e. The van der Waals surface area contributed by atoms with Crippen molar-refractivity contribution in [3.63, 3.8) is 0 Å². The molecule has 3 heterocycles. The smallest absolute Gasteiger partial charge is 0.341 e. The number of nitriles is 1. The summed E-state index contributed by atoms with van der Waals surface area (Å²) in [7, 11) is 0. The fraction of sp³-hybridized carbons (Fsp3) is 0.526. The van der Waals surface area contributed by atoms with Crippen LogP contribution in [0.1, 0.15) is 43.5 Å². The molecular formula is C19H25N5O2. The van der Waals surface area contributed by atoms with Crippen LogP contribution in [-0.2, 0) is 4.74 Å². The van der Waals surface area contributed by atoms with E-state index in [0.717, 1.165) is 42.7 Å². The SMILES string of the molecule is CCOC(=O)c1cnc2[nH]ccc2c1N[C@@H]1CC[C@H](C)N(CCC#N)C1. The molecule has 1 fully saturated rings. The number of hydrogen-bond donors (Lipinski definition) is 2. The van der Waals surface area contributed by atoms with E-state index < -0.39 is 0 Å². The lowest BCUT2D eigenvalue weighted by Gasteiger charge is -2.38. The van der Waals surface area contributed by atoms with E-state index in [1.807, 2.05) is 12.3 Å². The minimum absolute atomic E-state index is 0.207. The molecule has 2 N–H and O–H groups in total. The molecule has 2 aromatic rings. The molecule has 1 saturated heterocycles. The summed E-state index contributed by atoms with van der Waals surface area (Å²) in [5.74, 6) is -0.365. The standard InChI is InChI=1S/C19H25N5O2/c1-3-26-19(25)16-11-22-18-15(7-9-21-18)17(16)23-14-6-5-13(2)24(12-14)10-4-8-20/h7,9,11,13-14H,3-6,10,12H2,1-2H3,(H2,21,22,23)/t13-,14+/m0/s1. The molecule has 1 aliphatic rings. The lowest BCUT2D eigenvalue weighted by molar-refractivity contribution is 0.0527. The Kier molecular flexibility index (Phi) is 5.74. The van der Waals surface area contributed by atoms with Gasteiger partial charge in [-0.1, -0.05) is 0 Å². The Bertz CT molecular complexity index is 810. The fourth-order valence-electron chi connectivity index (χ4n) is 3.53. The monoisotopic (exact) mass is 355 g/mol. The van der Waals surface area contributed by atoms with Crippen molar-refractivity contribution in [2.75, 3.05) is 25.0 Å². The number of aromatic amines is 1. The Labute approximate surface area is 153 Å². The van der Waals surface area contributed by atoms with Crippen LogP contribution in [0.2, 0.25) is 0 Å². The first-order valence-electron chi connectivity index (χ1n) is 9.14. The summed E-state index contributed by atoms with van der Waals surface area (Å²) in [6, 6.07) is 4.82. The van der Waals surface area contributed by atoms with Gasteiger partial charge < -0.3 is 15.0 Å². The number of rotatable bonds is 6. The summed E-state index contributed by atoms with van der Waals surface area (Å²) < 4.78 is 5.20. The van der Waals surface area contributed by atoms with Gasteiger partial charge in [-0.25, -0.2) is 9.78 Å². The van der Waals surface area contributed by atoms with Gasteiger partial charge in [-0.05, 0) is 32.8 Å². The number of carbonyl (C=O) groups excluding carboxylic acids is 1. The molecular weight excluding hydrogens is 330 g/mol. The van der Waals surface area contributed by atoms with Crippen molar-refractivity contribution >= 4 is 22.7 Å². The lowest BCUT2D eigenvalue weighted by atomic mass is 9.98.